The van der Waals surface area contributed by atoms with Crippen molar-refractivity contribution in [1.29, 1.82) is 0 Å². The fraction of sp³-hybridized carbons (Fsp3) is 0.417. The molecule has 0 spiro atoms. The first-order chi connectivity index (χ1) is 6.95. The van der Waals surface area contributed by atoms with Crippen LogP contribution in [0, 0.1) is 0 Å². The molecule has 0 unspecified atom stereocenters. The molecule has 2 nitrogen and oxygen atoms in total. The van der Waals surface area contributed by atoms with Gasteiger partial charge in [-0.3, -0.25) is 10.3 Å². The number of rotatable bonds is 2. The van der Waals surface area contributed by atoms with Crippen LogP contribution in [0.25, 0.3) is 0 Å². The Kier molecular flexibility index (Phi) is 3.17. The fourth-order valence-electron chi connectivity index (χ4n) is 1.71. The zero-order chi connectivity index (χ0) is 9.64. The summed E-state index contributed by atoms with van der Waals surface area (Å²) in [4.78, 5) is 3.39. The number of amidine groups is 1. The first kappa shape index (κ1) is 9.25. The van der Waals surface area contributed by atoms with E-state index in [1.165, 1.54) is 30.7 Å². The molecule has 0 saturated carbocycles. The molecule has 1 aromatic rings. The van der Waals surface area contributed by atoms with Crippen LogP contribution in [0.15, 0.2) is 30.3 Å². The number of hydrogen-bond acceptors (Lipinski definition) is 1. The van der Waals surface area contributed by atoms with E-state index in [2.05, 4.69) is 40.6 Å². The Labute approximate surface area is 85.1 Å². The van der Waals surface area contributed by atoms with E-state index in [1.54, 1.807) is 0 Å². The van der Waals surface area contributed by atoms with Crippen molar-refractivity contribution in [2.45, 2.75) is 25.8 Å². The van der Waals surface area contributed by atoms with E-state index < -0.39 is 0 Å². The van der Waals surface area contributed by atoms with E-state index in [9.17, 15) is 0 Å². The van der Waals surface area contributed by atoms with E-state index in [-0.39, 0.29) is 0 Å². The lowest BCUT2D eigenvalue weighted by atomic mass is 10.1. The third kappa shape index (κ3) is 2.59. The van der Waals surface area contributed by atoms with E-state index in [0.29, 0.717) is 0 Å². The molecule has 0 saturated heterocycles. The van der Waals surface area contributed by atoms with Gasteiger partial charge in [0.2, 0.25) is 5.84 Å². The third-order valence-corrected chi connectivity index (χ3v) is 2.54. The van der Waals surface area contributed by atoms with E-state index >= 15 is 0 Å². The van der Waals surface area contributed by atoms with Crippen molar-refractivity contribution in [2.24, 2.45) is 0 Å². The summed E-state index contributed by atoms with van der Waals surface area (Å²) in [5.74, 6) is 1.31. The van der Waals surface area contributed by atoms with Crippen LogP contribution in [0.4, 0.5) is 0 Å². The molecule has 1 aliphatic rings. The van der Waals surface area contributed by atoms with Gasteiger partial charge in [-0.1, -0.05) is 30.3 Å². The third-order valence-electron chi connectivity index (χ3n) is 2.54. The van der Waals surface area contributed by atoms with Gasteiger partial charge in [-0.25, -0.2) is 0 Å². The molecule has 0 radical (unpaired) electrons. The standard InChI is InChI=1S/C12H16N2/c1-2-6-11(7-3-1)10-14-12-8-4-5-9-13-12/h1-3,6-7H,4-5,8-10H2,(H,13,14)/p+1. The average Bonchev–Trinajstić information content (AvgIpc) is 2.29. The van der Waals surface area contributed by atoms with Crippen molar-refractivity contribution in [3.8, 4) is 0 Å². The van der Waals surface area contributed by atoms with E-state index in [4.69, 9.17) is 0 Å². The van der Waals surface area contributed by atoms with Gasteiger partial charge in [0.05, 0.1) is 6.54 Å². The molecule has 0 bridgehead atoms. The monoisotopic (exact) mass is 189 g/mol. The zero-order valence-electron chi connectivity index (χ0n) is 8.42. The van der Waals surface area contributed by atoms with E-state index in [1.807, 2.05) is 0 Å². The molecule has 0 aliphatic carbocycles. The number of nitrogens with one attached hydrogen (secondary N) is 2. The summed E-state index contributed by atoms with van der Waals surface area (Å²) in [5.41, 5.74) is 1.34. The molecule has 0 amide bonds. The lowest BCUT2D eigenvalue weighted by Crippen LogP contribution is -2.77. The van der Waals surface area contributed by atoms with Gasteiger partial charge >= 0.3 is 0 Å². The van der Waals surface area contributed by atoms with Crippen LogP contribution < -0.4 is 10.3 Å². The Hall–Kier alpha value is -1.31. The van der Waals surface area contributed by atoms with Gasteiger partial charge in [-0.15, -0.1) is 0 Å². The van der Waals surface area contributed by atoms with Crippen molar-refractivity contribution in [3.05, 3.63) is 35.9 Å². The van der Waals surface area contributed by atoms with Crippen molar-refractivity contribution >= 4 is 5.84 Å². The highest BCUT2D eigenvalue weighted by Gasteiger charge is 2.09. The SMILES string of the molecule is c1ccc(CNC2=[NH+]CCCC2)cc1. The molecule has 1 aliphatic heterocycles. The summed E-state index contributed by atoms with van der Waals surface area (Å²) in [6.45, 7) is 2.06. The van der Waals surface area contributed by atoms with E-state index in [0.717, 1.165) is 13.1 Å². The normalized spacial score (nSPS) is 16.1. The first-order valence-corrected chi connectivity index (χ1v) is 5.32. The second-order valence-electron chi connectivity index (χ2n) is 3.70. The van der Waals surface area contributed by atoms with Gasteiger partial charge in [-0.05, 0) is 18.4 Å². The van der Waals surface area contributed by atoms with Gasteiger partial charge in [-0.2, -0.15) is 0 Å². The minimum absolute atomic E-state index is 0.934. The molecular formula is C12H17N2+. The summed E-state index contributed by atoms with van der Waals surface area (Å²) >= 11 is 0. The minimum atomic E-state index is 0.934. The summed E-state index contributed by atoms with van der Waals surface area (Å²) in [7, 11) is 0. The maximum atomic E-state index is 3.44. The second kappa shape index (κ2) is 4.80. The second-order valence-corrected chi connectivity index (χ2v) is 3.70. The number of benzene rings is 1. The molecule has 0 atom stereocenters. The maximum Gasteiger partial charge on any atom is 0.242 e. The zero-order valence-corrected chi connectivity index (χ0v) is 8.42. The maximum absolute atomic E-state index is 3.44. The molecule has 2 N–H and O–H groups in total. The Morgan fingerprint density at radius 2 is 2.00 bits per heavy atom. The van der Waals surface area contributed by atoms with Gasteiger partial charge in [0.25, 0.3) is 0 Å². The largest absolute Gasteiger partial charge is 0.279 e. The molecule has 1 heterocycles. The highest BCUT2D eigenvalue weighted by Crippen LogP contribution is 1.99. The summed E-state index contributed by atoms with van der Waals surface area (Å²) in [5, 5.41) is 3.44. The predicted molar refractivity (Wildman–Crippen MR) is 58.0 cm³/mol. The summed E-state index contributed by atoms with van der Waals surface area (Å²) in [6, 6.07) is 10.5. The number of hydrogen-bond donors (Lipinski definition) is 2. The fourth-order valence-corrected chi connectivity index (χ4v) is 1.71. The lowest BCUT2D eigenvalue weighted by molar-refractivity contribution is -0.466. The van der Waals surface area contributed by atoms with Crippen LogP contribution in [-0.2, 0) is 6.54 Å². The molecule has 74 valence electrons. The molecular weight excluding hydrogens is 172 g/mol. The van der Waals surface area contributed by atoms with Crippen LogP contribution in [0.2, 0.25) is 0 Å². The minimum Gasteiger partial charge on any atom is -0.279 e. The molecule has 1 aromatic carbocycles. The van der Waals surface area contributed by atoms with Crippen molar-refractivity contribution in [2.75, 3.05) is 6.54 Å². The van der Waals surface area contributed by atoms with Crippen LogP contribution in [-0.4, -0.2) is 12.4 Å². The Morgan fingerprint density at radius 3 is 2.71 bits per heavy atom. The summed E-state index contributed by atoms with van der Waals surface area (Å²) < 4.78 is 0. The van der Waals surface area contributed by atoms with Crippen LogP contribution >= 0.6 is 0 Å². The molecule has 0 aromatic heterocycles. The highest BCUT2D eigenvalue weighted by molar-refractivity contribution is 5.76. The van der Waals surface area contributed by atoms with Gasteiger partial charge < -0.3 is 0 Å². The Bertz CT molecular complexity index is 303. The molecule has 2 rings (SSSR count). The Morgan fingerprint density at radius 1 is 1.14 bits per heavy atom. The van der Waals surface area contributed by atoms with Crippen LogP contribution in [0.1, 0.15) is 24.8 Å². The van der Waals surface area contributed by atoms with Crippen LogP contribution in [0.3, 0.4) is 0 Å². The van der Waals surface area contributed by atoms with Crippen LogP contribution in [0.5, 0.6) is 0 Å². The van der Waals surface area contributed by atoms with Gasteiger partial charge in [0.15, 0.2) is 0 Å². The Balaban J connectivity index is 1.85. The van der Waals surface area contributed by atoms with Crippen molar-refractivity contribution < 1.29 is 4.99 Å². The van der Waals surface area contributed by atoms with Gasteiger partial charge in [0.1, 0.15) is 6.54 Å². The smallest absolute Gasteiger partial charge is 0.242 e. The lowest BCUT2D eigenvalue weighted by Gasteiger charge is -2.07. The first-order valence-electron chi connectivity index (χ1n) is 5.32. The average molecular weight is 189 g/mol. The van der Waals surface area contributed by atoms with Gasteiger partial charge in [0, 0.05) is 6.42 Å². The quantitative estimate of drug-likeness (QED) is 0.693. The van der Waals surface area contributed by atoms with Crippen molar-refractivity contribution in [1.82, 2.24) is 5.32 Å². The molecule has 0 fully saturated rings. The molecule has 14 heavy (non-hydrogen) atoms. The topological polar surface area (TPSA) is 26.0 Å². The molecule has 2 heteroatoms. The summed E-state index contributed by atoms with van der Waals surface area (Å²) in [6.07, 6.45) is 3.79. The highest BCUT2D eigenvalue weighted by atomic mass is 15.0. The predicted octanol–water partition coefficient (Wildman–Crippen LogP) is 0.439. The van der Waals surface area contributed by atoms with Crippen molar-refractivity contribution in [3.63, 3.8) is 0 Å².